The van der Waals surface area contributed by atoms with Gasteiger partial charge >= 0.3 is 5.97 Å². The second-order valence-electron chi connectivity index (χ2n) is 8.54. The summed E-state index contributed by atoms with van der Waals surface area (Å²) >= 11 is 32.8. The number of nitrogens with two attached hydrogens (primary N) is 1. The molecular weight excluding hydrogens is 757 g/mol. The van der Waals surface area contributed by atoms with E-state index in [9.17, 15) is 19.5 Å². The molecule has 0 aliphatic heterocycles. The van der Waals surface area contributed by atoms with E-state index in [1.54, 1.807) is 0 Å². The topological polar surface area (TPSA) is 222 Å². The summed E-state index contributed by atoms with van der Waals surface area (Å²) in [4.78, 5) is 47.4. The van der Waals surface area contributed by atoms with Crippen molar-refractivity contribution < 1.29 is 34.8 Å². The molecule has 0 saturated heterocycles. The number of phenolic OH excluding ortho intramolecular Hbond substituents is 2. The molecule has 0 atom stereocenters. The lowest BCUT2D eigenvalue weighted by Gasteiger charge is -2.06. The average Bonchev–Trinajstić information content (AvgIpc) is 3.04. The number of rotatable bonds is 4. The Labute approximate surface area is 301 Å². The Bertz CT molecular complexity index is 1800. The van der Waals surface area contributed by atoms with E-state index in [1.165, 1.54) is 79.4 Å². The number of carboxylic acids is 1. The summed E-state index contributed by atoms with van der Waals surface area (Å²) in [6, 6.07) is 12.1. The number of carbonyl (C=O) groups excluding carboxylic acids is 2. The molecule has 0 radical (unpaired) electrons. The highest BCUT2D eigenvalue weighted by Gasteiger charge is 2.12. The van der Waals surface area contributed by atoms with E-state index in [4.69, 9.17) is 90.7 Å². The van der Waals surface area contributed by atoms with Crippen molar-refractivity contribution in [1.82, 2.24) is 19.9 Å². The molecule has 19 heteroatoms. The van der Waals surface area contributed by atoms with Gasteiger partial charge in [-0.25, -0.2) is 24.7 Å². The lowest BCUT2D eigenvalue weighted by atomic mass is 10.2. The molecule has 2 heterocycles. The van der Waals surface area contributed by atoms with Crippen molar-refractivity contribution >= 4 is 98.1 Å². The van der Waals surface area contributed by atoms with Crippen molar-refractivity contribution in [3.8, 4) is 17.2 Å². The number of amides is 1. The molecule has 5 rings (SSSR count). The van der Waals surface area contributed by atoms with Crippen LogP contribution in [0.5, 0.6) is 17.2 Å². The van der Waals surface area contributed by atoms with Gasteiger partial charge in [0, 0.05) is 15.1 Å². The minimum atomic E-state index is -1.19. The number of nitrogens with zero attached hydrogens (tertiary/aromatic N) is 4. The zero-order chi connectivity index (χ0) is 36.0. The number of carbonyl (C=O) groups is 3. The van der Waals surface area contributed by atoms with E-state index in [0.29, 0.717) is 26.4 Å². The number of anilines is 2. The Morgan fingerprint density at radius 3 is 1.35 bits per heavy atom. The van der Waals surface area contributed by atoms with Crippen LogP contribution in [0.2, 0.25) is 25.6 Å². The van der Waals surface area contributed by atoms with Crippen LogP contribution >= 0.6 is 69.6 Å². The summed E-state index contributed by atoms with van der Waals surface area (Å²) in [6.07, 6.45) is 5.62. The van der Waals surface area contributed by atoms with Crippen LogP contribution in [-0.2, 0) is 0 Å². The van der Waals surface area contributed by atoms with Crippen LogP contribution in [0.4, 0.5) is 11.4 Å². The number of hydrogen-bond donors (Lipinski definition) is 6. The molecule has 5 aromatic rings. The highest BCUT2D eigenvalue weighted by molar-refractivity contribution is 6.68. The monoisotopic (exact) mass is 774 g/mol. The summed E-state index contributed by atoms with van der Waals surface area (Å²) < 4.78 is 0. The quantitative estimate of drug-likeness (QED) is 0.0766. The molecule has 0 bridgehead atoms. The van der Waals surface area contributed by atoms with Gasteiger partial charge in [-0.15, -0.1) is 0 Å². The van der Waals surface area contributed by atoms with Crippen LogP contribution in [0.1, 0.15) is 31.1 Å². The summed E-state index contributed by atoms with van der Waals surface area (Å²) in [5, 5.41) is 39.1. The maximum atomic E-state index is 11.9. The maximum absolute atomic E-state index is 11.9. The second kappa shape index (κ2) is 19.3. The van der Waals surface area contributed by atoms with Gasteiger partial charge in [-0.3, -0.25) is 9.59 Å². The van der Waals surface area contributed by atoms with Crippen molar-refractivity contribution in [3.05, 3.63) is 122 Å². The number of nitrogen functional groups attached to an aromatic ring is 1. The van der Waals surface area contributed by atoms with Gasteiger partial charge in [-0.2, -0.15) is 0 Å². The minimum absolute atomic E-state index is 0.0270. The molecule has 0 aliphatic carbocycles. The van der Waals surface area contributed by atoms with Gasteiger partial charge in [0.2, 0.25) is 10.6 Å². The Kier molecular flexibility index (Phi) is 15.9. The number of phenols is 3. The van der Waals surface area contributed by atoms with Crippen molar-refractivity contribution in [2.45, 2.75) is 0 Å². The van der Waals surface area contributed by atoms with Crippen LogP contribution in [0.25, 0.3) is 0 Å². The third kappa shape index (κ3) is 13.6. The molecule has 0 aliphatic rings. The van der Waals surface area contributed by atoms with Gasteiger partial charge in [0.15, 0.2) is 0 Å². The normalized spacial score (nSPS) is 9.71. The number of hydrogen-bond acceptors (Lipinski definition) is 11. The molecule has 1 amide bonds. The predicted molar refractivity (Wildman–Crippen MR) is 183 cm³/mol. The van der Waals surface area contributed by atoms with Crippen molar-refractivity contribution in [2.75, 3.05) is 11.1 Å². The molecule has 3 aromatic carbocycles. The number of aromatic carboxylic acids is 1. The Balaban J connectivity index is 0.000000233. The van der Waals surface area contributed by atoms with Crippen molar-refractivity contribution in [1.29, 1.82) is 0 Å². The summed E-state index contributed by atoms with van der Waals surface area (Å²) in [5.41, 5.74) is 6.04. The number of nitrogens with one attached hydrogen (secondary N) is 1. The van der Waals surface area contributed by atoms with Crippen molar-refractivity contribution in [3.63, 3.8) is 0 Å². The molecule has 250 valence electrons. The third-order valence-corrected chi connectivity index (χ3v) is 6.38. The van der Waals surface area contributed by atoms with Crippen LogP contribution < -0.4 is 11.1 Å². The third-order valence-electron chi connectivity index (χ3n) is 5.08. The second-order valence-corrected chi connectivity index (χ2v) is 10.9. The zero-order valence-electron chi connectivity index (χ0n) is 23.7. The SMILES string of the molecule is Nc1cnc(Cl)nc1.O=C(Cl)c1cc(Cl)ccc1O.O=C(Nc1cnc(Cl)nc1)c1cc(Cl)ccc1O.O=C(O)c1cc(Cl)ccc1O. The summed E-state index contributed by atoms with van der Waals surface area (Å²) in [7, 11) is 0. The van der Waals surface area contributed by atoms with Gasteiger partial charge in [-0.05, 0) is 89.4 Å². The largest absolute Gasteiger partial charge is 0.507 e. The fourth-order valence-electron chi connectivity index (χ4n) is 2.93. The van der Waals surface area contributed by atoms with Crippen molar-refractivity contribution in [2.24, 2.45) is 0 Å². The van der Waals surface area contributed by atoms with Gasteiger partial charge in [0.05, 0.1) is 47.3 Å². The molecule has 48 heavy (non-hydrogen) atoms. The van der Waals surface area contributed by atoms with E-state index in [2.05, 4.69) is 25.3 Å². The van der Waals surface area contributed by atoms with Crippen LogP contribution in [-0.4, -0.2) is 57.5 Å². The Hall–Kier alpha value is -4.63. The highest BCUT2D eigenvalue weighted by Crippen LogP contribution is 2.24. The predicted octanol–water partition coefficient (Wildman–Crippen LogP) is 7.62. The van der Waals surface area contributed by atoms with E-state index in [1.807, 2.05) is 0 Å². The molecule has 2 aromatic heterocycles. The fraction of sp³-hybridized carbons (Fsp3) is 0. The fourth-order valence-corrected chi connectivity index (χ4v) is 3.80. The van der Waals surface area contributed by atoms with E-state index in [-0.39, 0.29) is 44.5 Å². The van der Waals surface area contributed by atoms with Crippen LogP contribution in [0.3, 0.4) is 0 Å². The highest BCUT2D eigenvalue weighted by atomic mass is 35.5. The Morgan fingerprint density at radius 2 is 0.979 bits per heavy atom. The standard InChI is InChI=1S/C11H7Cl2N3O2.C7H4Cl2O2.C7H5ClO3.C4H4ClN3/c12-6-1-2-9(17)8(3-6)10(18)16-7-4-14-11(13)15-5-7;8-4-1-2-6(10)5(3-4)7(9)11;8-4-1-2-6(9)5(3-4)7(10)11;5-4-7-1-3(6)2-8-4/h1-5,17H,(H,16,18);1-3,10H;1-3,9H,(H,10,11);1-2H,6H2. The molecule has 0 spiro atoms. The number of benzene rings is 3. The first kappa shape index (κ1) is 39.5. The van der Waals surface area contributed by atoms with Gasteiger partial charge in [0.25, 0.3) is 11.1 Å². The number of aromatic nitrogens is 4. The number of aromatic hydroxyl groups is 3. The lowest BCUT2D eigenvalue weighted by Crippen LogP contribution is -2.12. The zero-order valence-corrected chi connectivity index (χ0v) is 28.2. The van der Waals surface area contributed by atoms with E-state index >= 15 is 0 Å². The molecule has 0 fully saturated rings. The molecule has 7 N–H and O–H groups in total. The lowest BCUT2D eigenvalue weighted by molar-refractivity contribution is 0.0693. The number of halogens is 6. The van der Waals surface area contributed by atoms with Gasteiger partial charge in [0.1, 0.15) is 22.8 Å². The molecule has 0 unspecified atom stereocenters. The Morgan fingerprint density at radius 1 is 0.604 bits per heavy atom. The maximum Gasteiger partial charge on any atom is 0.339 e. The first-order valence-electron chi connectivity index (χ1n) is 12.5. The van der Waals surface area contributed by atoms with E-state index < -0.39 is 17.1 Å². The summed E-state index contributed by atoms with van der Waals surface area (Å²) in [5.74, 6) is -2.30. The first-order chi connectivity index (χ1) is 22.6. The van der Waals surface area contributed by atoms with Crippen LogP contribution in [0, 0.1) is 0 Å². The van der Waals surface area contributed by atoms with Gasteiger partial charge < -0.3 is 31.5 Å². The first-order valence-corrected chi connectivity index (χ1v) is 14.7. The minimum Gasteiger partial charge on any atom is -0.507 e. The number of carboxylic acid groups (broad SMARTS) is 1. The van der Waals surface area contributed by atoms with Gasteiger partial charge in [-0.1, -0.05) is 34.8 Å². The average molecular weight is 777 g/mol. The molecule has 13 nitrogen and oxygen atoms in total. The molecule has 0 saturated carbocycles. The smallest absolute Gasteiger partial charge is 0.339 e. The molecular formula is C29H20Cl6N6O7. The summed E-state index contributed by atoms with van der Waals surface area (Å²) in [6.45, 7) is 0. The van der Waals surface area contributed by atoms with Crippen LogP contribution in [0.15, 0.2) is 79.4 Å². The van der Waals surface area contributed by atoms with E-state index in [0.717, 1.165) is 0 Å².